The number of methoxy groups -OCH3 is 1. The minimum Gasteiger partial charge on any atom is -0.462 e. The Morgan fingerprint density at radius 2 is 2.03 bits per heavy atom. The number of thiazole rings is 1. The Bertz CT molecular complexity index is 1230. The lowest BCUT2D eigenvalue weighted by atomic mass is 10.2. The number of nitro benzene ring substituents is 1. The van der Waals surface area contributed by atoms with Gasteiger partial charge in [0.25, 0.3) is 11.6 Å². The lowest BCUT2D eigenvalue weighted by Gasteiger charge is -2.05. The maximum atomic E-state index is 12.8. The molecule has 9 nitrogen and oxygen atoms in total. The molecule has 0 aliphatic carbocycles. The van der Waals surface area contributed by atoms with E-state index in [1.165, 1.54) is 29.5 Å². The molecule has 0 saturated carbocycles. The first kappa shape index (κ1) is 22.6. The van der Waals surface area contributed by atoms with Gasteiger partial charge in [-0.2, -0.15) is 4.99 Å². The molecule has 0 fully saturated rings. The molecule has 0 unspecified atom stereocenters. The van der Waals surface area contributed by atoms with Crippen molar-refractivity contribution in [3.05, 3.63) is 67.5 Å². The van der Waals surface area contributed by atoms with Gasteiger partial charge in [0.15, 0.2) is 4.80 Å². The van der Waals surface area contributed by atoms with Crippen molar-refractivity contribution < 1.29 is 24.0 Å². The predicted octanol–water partition coefficient (Wildman–Crippen LogP) is 3.83. The van der Waals surface area contributed by atoms with E-state index in [-0.39, 0.29) is 22.9 Å². The van der Waals surface area contributed by atoms with Crippen LogP contribution in [0.5, 0.6) is 0 Å². The molecule has 3 aromatic rings. The quantitative estimate of drug-likeness (QED) is 0.299. The highest BCUT2D eigenvalue weighted by molar-refractivity contribution is 7.16. The van der Waals surface area contributed by atoms with Crippen molar-refractivity contribution in [2.24, 2.45) is 4.99 Å². The number of carbonyl (C=O) groups excluding carboxylic acids is 2. The molecule has 2 aromatic carbocycles. The number of rotatable bonds is 7. The maximum absolute atomic E-state index is 12.8. The molecule has 0 bridgehead atoms. The van der Waals surface area contributed by atoms with E-state index >= 15 is 0 Å². The molecule has 31 heavy (non-hydrogen) atoms. The predicted molar refractivity (Wildman–Crippen MR) is 116 cm³/mol. The van der Waals surface area contributed by atoms with Gasteiger partial charge in [-0.25, -0.2) is 4.79 Å². The molecule has 0 aliphatic heterocycles. The fraction of sp³-hybridized carbons (Fsp3) is 0.250. The number of nitrogens with zero attached hydrogens (tertiary/aromatic N) is 3. The van der Waals surface area contributed by atoms with Crippen LogP contribution in [0.15, 0.2) is 41.4 Å². The lowest BCUT2D eigenvalue weighted by molar-refractivity contribution is -0.385. The van der Waals surface area contributed by atoms with Crippen LogP contribution < -0.4 is 4.80 Å². The summed E-state index contributed by atoms with van der Waals surface area (Å²) in [5.74, 6) is -1.25. The first-order chi connectivity index (χ1) is 14.8. The monoisotopic (exact) mass is 463 g/mol. The van der Waals surface area contributed by atoms with Gasteiger partial charge in [0.05, 0.1) is 33.9 Å². The summed E-state index contributed by atoms with van der Waals surface area (Å²) in [5, 5.41) is 11.5. The fourth-order valence-corrected chi connectivity index (χ4v) is 4.15. The van der Waals surface area contributed by atoms with Crippen molar-refractivity contribution in [2.45, 2.75) is 13.5 Å². The number of ether oxygens (including phenoxy) is 2. The highest BCUT2D eigenvalue weighted by atomic mass is 35.5. The van der Waals surface area contributed by atoms with Crippen LogP contribution in [-0.2, 0) is 16.0 Å². The highest BCUT2D eigenvalue weighted by Crippen LogP contribution is 2.24. The second-order valence-corrected chi connectivity index (χ2v) is 7.71. The third kappa shape index (κ3) is 4.98. The van der Waals surface area contributed by atoms with Crippen molar-refractivity contribution in [3.63, 3.8) is 0 Å². The number of fused-ring (bicyclic) bond motifs is 1. The van der Waals surface area contributed by atoms with Gasteiger partial charge in [0.1, 0.15) is 5.56 Å². The molecule has 1 aromatic heterocycles. The van der Waals surface area contributed by atoms with Crippen LogP contribution in [0.2, 0.25) is 5.02 Å². The zero-order valence-electron chi connectivity index (χ0n) is 16.7. The van der Waals surface area contributed by atoms with Crippen LogP contribution >= 0.6 is 22.9 Å². The maximum Gasteiger partial charge on any atom is 0.338 e. The number of hydrogen-bond acceptors (Lipinski definition) is 7. The summed E-state index contributed by atoms with van der Waals surface area (Å²) in [5.41, 5.74) is 0.521. The minimum absolute atomic E-state index is 0.187. The minimum atomic E-state index is -0.794. The standard InChI is InChI=1S/C20H18ClN3O6S/c1-3-30-19(26)12-4-6-16-17(10-12)31-20(23(16)8-9-29-2)22-18(25)14-11-13(21)5-7-15(14)24(27)28/h4-7,10-11H,3,8-9H2,1-2H3. The van der Waals surface area contributed by atoms with Gasteiger partial charge < -0.3 is 14.0 Å². The summed E-state index contributed by atoms with van der Waals surface area (Å²) < 4.78 is 12.6. The van der Waals surface area contributed by atoms with Gasteiger partial charge in [0.2, 0.25) is 0 Å². The van der Waals surface area contributed by atoms with Crippen molar-refractivity contribution in [2.75, 3.05) is 20.3 Å². The highest BCUT2D eigenvalue weighted by Gasteiger charge is 2.21. The Kier molecular flexibility index (Phi) is 7.16. The molecular formula is C20H18ClN3O6S. The van der Waals surface area contributed by atoms with E-state index in [4.69, 9.17) is 21.1 Å². The topological polar surface area (TPSA) is 113 Å². The fourth-order valence-electron chi connectivity index (χ4n) is 2.88. The van der Waals surface area contributed by atoms with E-state index in [0.717, 1.165) is 5.52 Å². The number of hydrogen-bond donors (Lipinski definition) is 0. The van der Waals surface area contributed by atoms with E-state index in [9.17, 15) is 19.7 Å². The molecule has 0 atom stereocenters. The molecule has 11 heteroatoms. The van der Waals surface area contributed by atoms with Gasteiger partial charge in [-0.15, -0.1) is 0 Å². The number of nitro groups is 1. The molecule has 1 amide bonds. The summed E-state index contributed by atoms with van der Waals surface area (Å²) in [6, 6.07) is 8.75. The Morgan fingerprint density at radius 3 is 2.71 bits per heavy atom. The summed E-state index contributed by atoms with van der Waals surface area (Å²) in [6.07, 6.45) is 0. The average Bonchev–Trinajstić information content (AvgIpc) is 3.08. The van der Waals surface area contributed by atoms with Gasteiger partial charge in [-0.1, -0.05) is 22.9 Å². The molecule has 1 heterocycles. The van der Waals surface area contributed by atoms with E-state index < -0.39 is 16.8 Å². The molecule has 0 aliphatic rings. The van der Waals surface area contributed by atoms with Crippen LogP contribution in [0, 0.1) is 10.1 Å². The molecule has 162 valence electrons. The molecule has 0 spiro atoms. The van der Waals surface area contributed by atoms with E-state index in [1.807, 2.05) is 0 Å². The molecule has 3 rings (SSSR count). The Labute approximate surface area is 185 Å². The number of amides is 1. The number of benzene rings is 2. The van der Waals surface area contributed by atoms with Gasteiger partial charge >= 0.3 is 5.97 Å². The smallest absolute Gasteiger partial charge is 0.338 e. The number of carbonyl (C=O) groups is 2. The van der Waals surface area contributed by atoms with Crippen LogP contribution in [0.25, 0.3) is 10.2 Å². The van der Waals surface area contributed by atoms with Gasteiger partial charge in [-0.3, -0.25) is 14.9 Å². The van der Waals surface area contributed by atoms with Crippen LogP contribution in [-0.4, -0.2) is 41.7 Å². The molecule has 0 radical (unpaired) electrons. The van der Waals surface area contributed by atoms with Crippen molar-refractivity contribution in [1.82, 2.24) is 4.57 Å². The van der Waals surface area contributed by atoms with Gasteiger partial charge in [0, 0.05) is 24.7 Å². The summed E-state index contributed by atoms with van der Waals surface area (Å²) in [6.45, 7) is 2.71. The Balaban J connectivity index is 2.14. The van der Waals surface area contributed by atoms with Crippen molar-refractivity contribution in [3.8, 4) is 0 Å². The van der Waals surface area contributed by atoms with E-state index in [1.54, 1.807) is 36.8 Å². The van der Waals surface area contributed by atoms with Crippen LogP contribution in [0.3, 0.4) is 0 Å². The Morgan fingerprint density at radius 1 is 1.26 bits per heavy atom. The average molecular weight is 464 g/mol. The third-order valence-electron chi connectivity index (χ3n) is 4.30. The van der Waals surface area contributed by atoms with Crippen LogP contribution in [0.4, 0.5) is 5.69 Å². The number of halogens is 1. The SMILES string of the molecule is CCOC(=O)c1ccc2c(c1)sc(=NC(=O)c1cc(Cl)ccc1[N+](=O)[O-])n2CCOC. The van der Waals surface area contributed by atoms with Crippen LogP contribution in [0.1, 0.15) is 27.6 Å². The van der Waals surface area contributed by atoms with Crippen molar-refractivity contribution >= 4 is 50.7 Å². The first-order valence-corrected chi connectivity index (χ1v) is 10.4. The summed E-state index contributed by atoms with van der Waals surface area (Å²) in [4.78, 5) is 39.9. The zero-order chi connectivity index (χ0) is 22.5. The third-order valence-corrected chi connectivity index (χ3v) is 5.57. The van der Waals surface area contributed by atoms with Gasteiger partial charge in [-0.05, 0) is 37.3 Å². The second kappa shape index (κ2) is 9.82. The first-order valence-electron chi connectivity index (χ1n) is 9.18. The normalized spacial score (nSPS) is 11.6. The summed E-state index contributed by atoms with van der Waals surface area (Å²) >= 11 is 7.10. The van der Waals surface area contributed by atoms with Crippen molar-refractivity contribution in [1.29, 1.82) is 0 Å². The zero-order valence-corrected chi connectivity index (χ0v) is 18.2. The number of aromatic nitrogens is 1. The Hall–Kier alpha value is -3.08. The second-order valence-electron chi connectivity index (χ2n) is 6.27. The number of esters is 1. The molecule has 0 N–H and O–H groups in total. The van der Waals surface area contributed by atoms with E-state index in [0.29, 0.717) is 28.2 Å². The largest absolute Gasteiger partial charge is 0.462 e. The lowest BCUT2D eigenvalue weighted by Crippen LogP contribution is -2.19. The van der Waals surface area contributed by atoms with E-state index in [2.05, 4.69) is 4.99 Å². The molecule has 0 saturated heterocycles. The molecular weight excluding hydrogens is 446 g/mol. The summed E-state index contributed by atoms with van der Waals surface area (Å²) in [7, 11) is 1.55.